The highest BCUT2D eigenvalue weighted by Crippen LogP contribution is 2.15. The molecule has 1 atom stereocenters. The quantitative estimate of drug-likeness (QED) is 0.0261. The van der Waals surface area contributed by atoms with Crippen LogP contribution in [0, 0.1) is 0 Å². The Morgan fingerprint density at radius 2 is 0.507 bits per heavy atom. The van der Waals surface area contributed by atoms with Gasteiger partial charge in [-0.25, -0.2) is 0 Å². The van der Waals surface area contributed by atoms with Crippen molar-refractivity contribution in [2.75, 3.05) is 13.2 Å². The summed E-state index contributed by atoms with van der Waals surface area (Å²) in [6.07, 6.45) is 81.1. The summed E-state index contributed by atoms with van der Waals surface area (Å²) >= 11 is 0. The molecule has 0 heterocycles. The molecule has 6 heteroatoms. The molecule has 0 saturated heterocycles. The maximum Gasteiger partial charge on any atom is 0.306 e. The molecule has 0 rings (SSSR count). The van der Waals surface area contributed by atoms with Crippen molar-refractivity contribution in [2.45, 2.75) is 297 Å². The Balaban J connectivity index is 4.47. The molecule has 0 radical (unpaired) electrons. The van der Waals surface area contributed by atoms with Crippen molar-refractivity contribution >= 4 is 17.9 Å². The third kappa shape index (κ3) is 59.1. The maximum absolute atomic E-state index is 12.9. The van der Waals surface area contributed by atoms with Gasteiger partial charge < -0.3 is 14.2 Å². The van der Waals surface area contributed by atoms with Gasteiger partial charge in [0.25, 0.3) is 0 Å². The van der Waals surface area contributed by atoms with Gasteiger partial charge in [0.15, 0.2) is 6.10 Å². The predicted molar refractivity (Wildman–Crippen MR) is 316 cm³/mol. The van der Waals surface area contributed by atoms with Gasteiger partial charge in [-0.2, -0.15) is 0 Å². The fourth-order valence-corrected chi connectivity index (χ4v) is 8.38. The molecule has 0 aromatic rings. The summed E-state index contributed by atoms with van der Waals surface area (Å²) in [5, 5.41) is 0. The number of carbonyl (C=O) groups is 3. The number of rotatable bonds is 55. The van der Waals surface area contributed by atoms with Crippen LogP contribution in [0.2, 0.25) is 0 Å². The first-order chi connectivity index (χ1) is 36.0. The number of allylic oxidation sites excluding steroid dienone is 16. The average Bonchev–Trinajstić information content (AvgIpc) is 3.39. The highest BCUT2D eigenvalue weighted by molar-refractivity contribution is 5.71. The van der Waals surface area contributed by atoms with Crippen molar-refractivity contribution in [1.29, 1.82) is 0 Å². The van der Waals surface area contributed by atoms with Gasteiger partial charge in [-0.3, -0.25) is 14.4 Å². The third-order valence-electron chi connectivity index (χ3n) is 13.0. The second-order valence-electron chi connectivity index (χ2n) is 20.2. The summed E-state index contributed by atoms with van der Waals surface area (Å²) in [4.78, 5) is 38.3. The summed E-state index contributed by atoms with van der Waals surface area (Å²) in [6, 6.07) is 0. The van der Waals surface area contributed by atoms with Gasteiger partial charge in [0.2, 0.25) is 0 Å². The standard InChI is InChI=1S/C67H114O6/c1-4-7-10-13-16-19-22-25-28-31-33-36-39-42-45-48-51-54-57-60-66(69)72-63-64(62-71-65(68)59-56-53-50-47-44-41-38-35-30-27-24-21-18-15-12-9-6-3)73-67(70)61-58-55-52-49-46-43-40-37-34-32-29-26-23-20-17-14-11-8-5-2/h16-21,25-30,38,41,47,50,64H,4-15,22-24,31-37,39-40,42-46,48-49,51-63H2,1-3H3/b19-16-,20-17-,21-18-,28-25-,29-26-,30-27-,41-38-,50-47-/t64-/m1/s1. The normalized spacial score (nSPS) is 12.8. The van der Waals surface area contributed by atoms with Crippen molar-refractivity contribution in [3.05, 3.63) is 97.2 Å². The predicted octanol–water partition coefficient (Wildman–Crippen LogP) is 20.9. The fraction of sp³-hybridized carbons (Fsp3) is 0.716. The Bertz CT molecular complexity index is 1440. The summed E-state index contributed by atoms with van der Waals surface area (Å²) in [5.41, 5.74) is 0. The lowest BCUT2D eigenvalue weighted by atomic mass is 10.1. The van der Waals surface area contributed by atoms with Crippen LogP contribution in [0.1, 0.15) is 290 Å². The van der Waals surface area contributed by atoms with Gasteiger partial charge in [-0.15, -0.1) is 0 Å². The van der Waals surface area contributed by atoms with Crippen molar-refractivity contribution in [3.63, 3.8) is 0 Å². The van der Waals surface area contributed by atoms with Gasteiger partial charge in [-0.1, -0.05) is 246 Å². The molecule has 0 fully saturated rings. The highest BCUT2D eigenvalue weighted by atomic mass is 16.6. The van der Waals surface area contributed by atoms with E-state index in [1.807, 2.05) is 0 Å². The summed E-state index contributed by atoms with van der Waals surface area (Å²) in [7, 11) is 0. The zero-order chi connectivity index (χ0) is 52.9. The minimum Gasteiger partial charge on any atom is -0.462 e. The van der Waals surface area contributed by atoms with Crippen LogP contribution in [-0.2, 0) is 28.6 Å². The van der Waals surface area contributed by atoms with Crippen LogP contribution in [0.3, 0.4) is 0 Å². The molecule has 418 valence electrons. The lowest BCUT2D eigenvalue weighted by Crippen LogP contribution is -2.30. The van der Waals surface area contributed by atoms with Gasteiger partial charge in [0.1, 0.15) is 13.2 Å². The Labute approximate surface area is 451 Å². The van der Waals surface area contributed by atoms with Crippen LogP contribution in [0.4, 0.5) is 0 Å². The second kappa shape index (κ2) is 60.9. The first-order valence-corrected chi connectivity index (χ1v) is 30.7. The van der Waals surface area contributed by atoms with Crippen molar-refractivity contribution < 1.29 is 28.6 Å². The molecule has 0 saturated carbocycles. The number of carbonyl (C=O) groups excluding carboxylic acids is 3. The molecule has 0 aromatic carbocycles. The minimum absolute atomic E-state index is 0.0984. The SMILES string of the molecule is CCCCC/C=C\C/C=C\C/C=C\C/C=C\CCCC(=O)OC[C@H](COC(=O)CCCCCCCCCCC/C=C\C/C=C\CCCCC)OC(=O)CCCCCCCCCCC/C=C\C/C=C\CCCCC. The van der Waals surface area contributed by atoms with Crippen molar-refractivity contribution in [2.24, 2.45) is 0 Å². The van der Waals surface area contributed by atoms with E-state index in [1.54, 1.807) is 0 Å². The molecule has 6 nitrogen and oxygen atoms in total. The first-order valence-electron chi connectivity index (χ1n) is 30.7. The molecular formula is C67H114O6. The van der Waals surface area contributed by atoms with Crippen LogP contribution in [-0.4, -0.2) is 37.2 Å². The van der Waals surface area contributed by atoms with E-state index in [1.165, 1.54) is 167 Å². The zero-order valence-electron chi connectivity index (χ0n) is 47.9. The van der Waals surface area contributed by atoms with Gasteiger partial charge in [0, 0.05) is 19.3 Å². The van der Waals surface area contributed by atoms with E-state index < -0.39 is 6.10 Å². The van der Waals surface area contributed by atoms with Crippen molar-refractivity contribution in [1.82, 2.24) is 0 Å². The summed E-state index contributed by atoms with van der Waals surface area (Å²) < 4.78 is 16.9. The molecular weight excluding hydrogens is 901 g/mol. The van der Waals surface area contributed by atoms with Crippen LogP contribution in [0.25, 0.3) is 0 Å². The second-order valence-corrected chi connectivity index (χ2v) is 20.2. The zero-order valence-corrected chi connectivity index (χ0v) is 47.9. The Morgan fingerprint density at radius 3 is 0.822 bits per heavy atom. The largest absolute Gasteiger partial charge is 0.462 e. The van der Waals surface area contributed by atoms with Crippen LogP contribution < -0.4 is 0 Å². The molecule has 0 aliphatic carbocycles. The lowest BCUT2D eigenvalue weighted by molar-refractivity contribution is -0.167. The van der Waals surface area contributed by atoms with Crippen LogP contribution >= 0.6 is 0 Å². The average molecular weight is 1020 g/mol. The van der Waals surface area contributed by atoms with E-state index in [9.17, 15) is 14.4 Å². The van der Waals surface area contributed by atoms with E-state index in [2.05, 4.69) is 118 Å². The van der Waals surface area contributed by atoms with Gasteiger partial charge in [-0.05, 0) is 122 Å². The van der Waals surface area contributed by atoms with E-state index in [0.29, 0.717) is 19.3 Å². The molecule has 0 aliphatic heterocycles. The molecule has 73 heavy (non-hydrogen) atoms. The van der Waals surface area contributed by atoms with E-state index in [4.69, 9.17) is 14.2 Å². The molecule has 0 aliphatic rings. The topological polar surface area (TPSA) is 78.9 Å². The number of unbranched alkanes of at least 4 members (excludes halogenated alkanes) is 28. The number of ether oxygens (including phenoxy) is 3. The lowest BCUT2D eigenvalue weighted by Gasteiger charge is -2.18. The molecule has 0 amide bonds. The number of hydrogen-bond donors (Lipinski definition) is 0. The van der Waals surface area contributed by atoms with Gasteiger partial charge in [0.05, 0.1) is 0 Å². The fourth-order valence-electron chi connectivity index (χ4n) is 8.38. The smallest absolute Gasteiger partial charge is 0.306 e. The van der Waals surface area contributed by atoms with E-state index in [0.717, 1.165) is 77.0 Å². The first kappa shape index (κ1) is 69.3. The summed E-state index contributed by atoms with van der Waals surface area (Å²) in [6.45, 7) is 6.53. The Hall–Kier alpha value is -3.67. The van der Waals surface area contributed by atoms with Crippen molar-refractivity contribution in [3.8, 4) is 0 Å². The number of esters is 3. The van der Waals surface area contributed by atoms with Gasteiger partial charge >= 0.3 is 17.9 Å². The van der Waals surface area contributed by atoms with Crippen LogP contribution in [0.15, 0.2) is 97.2 Å². The molecule has 0 aromatic heterocycles. The monoisotopic (exact) mass is 1010 g/mol. The molecule has 0 bridgehead atoms. The molecule has 0 unspecified atom stereocenters. The molecule has 0 spiro atoms. The summed E-state index contributed by atoms with van der Waals surface area (Å²) in [5.74, 6) is -0.958. The Morgan fingerprint density at radius 1 is 0.274 bits per heavy atom. The number of hydrogen-bond acceptors (Lipinski definition) is 6. The third-order valence-corrected chi connectivity index (χ3v) is 13.0. The van der Waals surface area contributed by atoms with E-state index >= 15 is 0 Å². The van der Waals surface area contributed by atoms with Crippen LogP contribution in [0.5, 0.6) is 0 Å². The van der Waals surface area contributed by atoms with E-state index in [-0.39, 0.29) is 37.5 Å². The molecule has 0 N–H and O–H groups in total. The highest BCUT2D eigenvalue weighted by Gasteiger charge is 2.19. The minimum atomic E-state index is -0.806. The maximum atomic E-state index is 12.9. The Kier molecular flexibility index (Phi) is 57.8.